The van der Waals surface area contributed by atoms with Crippen molar-refractivity contribution in [3.8, 4) is 11.3 Å². The maximum Gasteiger partial charge on any atom is 0.273 e. The van der Waals surface area contributed by atoms with Crippen molar-refractivity contribution in [2.75, 3.05) is 0 Å². The molecule has 2 unspecified atom stereocenters. The van der Waals surface area contributed by atoms with Crippen LogP contribution in [-0.2, 0) is 0 Å². The maximum atomic E-state index is 12.1. The quantitative estimate of drug-likeness (QED) is 0.908. The molecule has 5 heteroatoms. The first kappa shape index (κ1) is 13.8. The Kier molecular flexibility index (Phi) is 4.01. The van der Waals surface area contributed by atoms with E-state index < -0.39 is 0 Å². The van der Waals surface area contributed by atoms with Crippen LogP contribution in [-0.4, -0.2) is 28.3 Å². The van der Waals surface area contributed by atoms with E-state index in [2.05, 4.69) is 10.5 Å². The molecule has 0 bridgehead atoms. The van der Waals surface area contributed by atoms with E-state index >= 15 is 0 Å². The van der Waals surface area contributed by atoms with Gasteiger partial charge in [-0.05, 0) is 25.7 Å². The van der Waals surface area contributed by atoms with E-state index in [1.165, 1.54) is 0 Å². The van der Waals surface area contributed by atoms with Crippen LogP contribution >= 0.6 is 0 Å². The highest BCUT2D eigenvalue weighted by atomic mass is 16.5. The van der Waals surface area contributed by atoms with Gasteiger partial charge in [0.25, 0.3) is 5.91 Å². The van der Waals surface area contributed by atoms with Gasteiger partial charge in [-0.25, -0.2) is 0 Å². The van der Waals surface area contributed by atoms with E-state index in [0.717, 1.165) is 24.8 Å². The molecule has 1 heterocycles. The number of aliphatic hydroxyl groups is 1. The van der Waals surface area contributed by atoms with Crippen molar-refractivity contribution in [3.05, 3.63) is 42.1 Å². The summed E-state index contributed by atoms with van der Waals surface area (Å²) in [6, 6.07) is 11.2. The molecule has 0 saturated heterocycles. The van der Waals surface area contributed by atoms with Crippen molar-refractivity contribution in [1.82, 2.24) is 10.5 Å². The Labute approximate surface area is 123 Å². The first-order valence-electron chi connectivity index (χ1n) is 7.23. The Morgan fingerprint density at radius 1 is 1.29 bits per heavy atom. The highest BCUT2D eigenvalue weighted by molar-refractivity contribution is 5.93. The molecule has 3 rings (SSSR count). The molecule has 1 aromatic heterocycles. The van der Waals surface area contributed by atoms with Gasteiger partial charge in [0.2, 0.25) is 0 Å². The van der Waals surface area contributed by atoms with E-state index in [4.69, 9.17) is 4.52 Å². The molecule has 1 amide bonds. The summed E-state index contributed by atoms with van der Waals surface area (Å²) in [5.74, 6) is 0.324. The van der Waals surface area contributed by atoms with Gasteiger partial charge in [-0.15, -0.1) is 0 Å². The monoisotopic (exact) mass is 286 g/mol. The van der Waals surface area contributed by atoms with Gasteiger partial charge in [-0.3, -0.25) is 4.79 Å². The second kappa shape index (κ2) is 6.10. The van der Waals surface area contributed by atoms with Gasteiger partial charge in [-0.1, -0.05) is 35.5 Å². The van der Waals surface area contributed by atoms with E-state index in [9.17, 15) is 9.90 Å². The van der Waals surface area contributed by atoms with Crippen molar-refractivity contribution < 1.29 is 14.4 Å². The van der Waals surface area contributed by atoms with Crippen molar-refractivity contribution >= 4 is 5.91 Å². The van der Waals surface area contributed by atoms with Crippen molar-refractivity contribution in [3.63, 3.8) is 0 Å². The van der Waals surface area contributed by atoms with E-state index in [-0.39, 0.29) is 23.7 Å². The fraction of sp³-hybridized carbons (Fsp3) is 0.375. The zero-order chi connectivity index (χ0) is 14.7. The van der Waals surface area contributed by atoms with Crippen LogP contribution in [0.4, 0.5) is 0 Å². The van der Waals surface area contributed by atoms with Crippen LogP contribution in [0.1, 0.15) is 36.2 Å². The van der Waals surface area contributed by atoms with Gasteiger partial charge in [-0.2, -0.15) is 0 Å². The Bertz CT molecular complexity index is 609. The van der Waals surface area contributed by atoms with Gasteiger partial charge in [0, 0.05) is 17.7 Å². The third-order valence-corrected chi connectivity index (χ3v) is 3.78. The minimum absolute atomic E-state index is 0.0122. The lowest BCUT2D eigenvalue weighted by Gasteiger charge is -2.26. The van der Waals surface area contributed by atoms with Crippen LogP contribution < -0.4 is 5.32 Å². The van der Waals surface area contributed by atoms with Crippen molar-refractivity contribution in [2.45, 2.75) is 37.8 Å². The highest BCUT2D eigenvalue weighted by Gasteiger charge is 2.23. The molecule has 1 aromatic carbocycles. The molecule has 1 fully saturated rings. The summed E-state index contributed by atoms with van der Waals surface area (Å²) in [6.45, 7) is 0. The number of hydrogen-bond donors (Lipinski definition) is 2. The number of nitrogens with zero attached hydrogens (tertiary/aromatic N) is 1. The lowest BCUT2D eigenvalue weighted by atomic mass is 9.93. The first-order chi connectivity index (χ1) is 10.2. The molecule has 0 spiro atoms. The number of carbonyl (C=O) groups excluding carboxylic acids is 1. The second-order valence-electron chi connectivity index (χ2n) is 5.43. The number of carbonyl (C=O) groups is 1. The second-order valence-corrected chi connectivity index (χ2v) is 5.43. The van der Waals surface area contributed by atoms with Crippen LogP contribution in [0, 0.1) is 0 Å². The fourth-order valence-corrected chi connectivity index (χ4v) is 2.68. The zero-order valence-electron chi connectivity index (χ0n) is 11.7. The summed E-state index contributed by atoms with van der Waals surface area (Å²) in [6.07, 6.45) is 2.93. The zero-order valence-corrected chi connectivity index (χ0v) is 11.7. The molecule has 0 radical (unpaired) electrons. The molecule has 5 nitrogen and oxygen atoms in total. The SMILES string of the molecule is O=C(NC1CCCC(O)C1)c1cc(-c2ccccc2)on1. The smallest absolute Gasteiger partial charge is 0.273 e. The third-order valence-electron chi connectivity index (χ3n) is 3.78. The lowest BCUT2D eigenvalue weighted by molar-refractivity contribution is 0.0842. The maximum absolute atomic E-state index is 12.1. The molecule has 0 aliphatic heterocycles. The van der Waals surface area contributed by atoms with Gasteiger partial charge in [0.1, 0.15) is 0 Å². The van der Waals surface area contributed by atoms with Crippen LogP contribution in [0.25, 0.3) is 11.3 Å². The predicted octanol–water partition coefficient (Wildman–Crippen LogP) is 2.37. The average Bonchev–Trinajstić information content (AvgIpc) is 2.98. The summed E-state index contributed by atoms with van der Waals surface area (Å²) in [4.78, 5) is 12.1. The number of amides is 1. The highest BCUT2D eigenvalue weighted by Crippen LogP contribution is 2.21. The standard InChI is InChI=1S/C16H18N2O3/c19-13-8-4-7-12(9-13)17-16(20)14-10-15(21-18-14)11-5-2-1-3-6-11/h1-3,5-6,10,12-13,19H,4,7-9H2,(H,17,20). The Balaban J connectivity index is 1.67. The normalized spacial score (nSPS) is 22.0. The molecule has 1 saturated carbocycles. The van der Waals surface area contributed by atoms with E-state index in [1.54, 1.807) is 6.07 Å². The predicted molar refractivity (Wildman–Crippen MR) is 77.7 cm³/mol. The van der Waals surface area contributed by atoms with E-state index in [1.807, 2.05) is 30.3 Å². The van der Waals surface area contributed by atoms with Crippen molar-refractivity contribution in [2.24, 2.45) is 0 Å². The lowest BCUT2D eigenvalue weighted by Crippen LogP contribution is -2.39. The topological polar surface area (TPSA) is 75.4 Å². The minimum Gasteiger partial charge on any atom is -0.393 e. The molecule has 2 N–H and O–H groups in total. The average molecular weight is 286 g/mol. The number of aliphatic hydroxyl groups excluding tert-OH is 1. The molecule has 1 aliphatic rings. The Morgan fingerprint density at radius 3 is 2.86 bits per heavy atom. The van der Waals surface area contributed by atoms with Gasteiger partial charge >= 0.3 is 0 Å². The summed E-state index contributed by atoms with van der Waals surface area (Å²) in [5.41, 5.74) is 1.16. The number of aromatic nitrogens is 1. The molecule has 2 aromatic rings. The molecule has 2 atom stereocenters. The van der Waals surface area contributed by atoms with E-state index in [0.29, 0.717) is 12.2 Å². The fourth-order valence-electron chi connectivity index (χ4n) is 2.68. The molecule has 21 heavy (non-hydrogen) atoms. The summed E-state index contributed by atoms with van der Waals surface area (Å²) in [5, 5.41) is 16.4. The minimum atomic E-state index is -0.318. The first-order valence-corrected chi connectivity index (χ1v) is 7.23. The molecule has 110 valence electrons. The summed E-state index contributed by atoms with van der Waals surface area (Å²) < 4.78 is 5.22. The molecular formula is C16H18N2O3. The Morgan fingerprint density at radius 2 is 2.10 bits per heavy atom. The molecule has 1 aliphatic carbocycles. The van der Waals surface area contributed by atoms with Crippen LogP contribution in [0.5, 0.6) is 0 Å². The largest absolute Gasteiger partial charge is 0.393 e. The number of hydrogen-bond acceptors (Lipinski definition) is 4. The number of benzene rings is 1. The van der Waals surface area contributed by atoms with Gasteiger partial charge < -0.3 is 14.9 Å². The van der Waals surface area contributed by atoms with Crippen LogP contribution in [0.2, 0.25) is 0 Å². The third kappa shape index (κ3) is 3.31. The number of rotatable bonds is 3. The summed E-state index contributed by atoms with van der Waals surface area (Å²) in [7, 11) is 0. The van der Waals surface area contributed by atoms with Crippen LogP contribution in [0.15, 0.2) is 40.9 Å². The number of nitrogens with one attached hydrogen (secondary N) is 1. The van der Waals surface area contributed by atoms with Gasteiger partial charge in [0.15, 0.2) is 11.5 Å². The van der Waals surface area contributed by atoms with Crippen molar-refractivity contribution in [1.29, 1.82) is 0 Å². The molecular weight excluding hydrogens is 268 g/mol. The van der Waals surface area contributed by atoms with Gasteiger partial charge in [0.05, 0.1) is 6.10 Å². The summed E-state index contributed by atoms with van der Waals surface area (Å²) >= 11 is 0. The Hall–Kier alpha value is -2.14. The van der Waals surface area contributed by atoms with Crippen LogP contribution in [0.3, 0.4) is 0 Å².